The van der Waals surface area contributed by atoms with Crippen molar-refractivity contribution in [2.24, 2.45) is 0 Å². The van der Waals surface area contributed by atoms with Crippen molar-refractivity contribution < 1.29 is 22.9 Å². The number of hydrogen-bond acceptors (Lipinski definition) is 4. The Balaban J connectivity index is 2.01. The smallest absolute Gasteiger partial charge is 0.370 e. The van der Waals surface area contributed by atoms with Crippen LogP contribution < -0.4 is 10.2 Å². The fourth-order valence-electron chi connectivity index (χ4n) is 3.09. The van der Waals surface area contributed by atoms with E-state index in [0.717, 1.165) is 37.1 Å². The Morgan fingerprint density at radius 1 is 1.14 bits per heavy atom. The summed E-state index contributed by atoms with van der Waals surface area (Å²) in [7, 11) is 0. The number of carbonyl (C=O) groups is 1. The van der Waals surface area contributed by atoms with Crippen LogP contribution in [0.2, 0.25) is 5.02 Å². The molecule has 28 heavy (non-hydrogen) atoms. The molecule has 148 valence electrons. The Morgan fingerprint density at radius 3 is 2.43 bits per heavy atom. The maximum Gasteiger partial charge on any atom is 0.416 e. The second-order valence-electron chi connectivity index (χ2n) is 6.30. The minimum absolute atomic E-state index is 0.0593. The third-order valence-electron chi connectivity index (χ3n) is 4.42. The number of carbonyl (C=O) groups excluding carboxylic acids is 1. The molecule has 2 aromatic rings. The highest BCUT2D eigenvalue weighted by molar-refractivity contribution is 6.31. The van der Waals surface area contributed by atoms with E-state index in [9.17, 15) is 28.1 Å². The van der Waals surface area contributed by atoms with E-state index in [1.807, 2.05) is 4.90 Å². The molecule has 0 saturated carbocycles. The predicted molar refractivity (Wildman–Crippen MR) is 99.0 cm³/mol. The molecule has 0 unspecified atom stereocenters. The van der Waals surface area contributed by atoms with Crippen LogP contribution in [-0.4, -0.2) is 23.9 Å². The first-order valence-electron chi connectivity index (χ1n) is 8.38. The highest BCUT2D eigenvalue weighted by Crippen LogP contribution is 2.37. The average Bonchev–Trinajstić information content (AvgIpc) is 3.15. The number of anilines is 2. The Hall–Kier alpha value is -2.81. The van der Waals surface area contributed by atoms with Gasteiger partial charge in [0.25, 0.3) is 11.6 Å². The van der Waals surface area contributed by atoms with Crippen molar-refractivity contribution in [3.8, 4) is 0 Å². The summed E-state index contributed by atoms with van der Waals surface area (Å²) < 4.78 is 39.4. The van der Waals surface area contributed by atoms with Crippen LogP contribution in [0.1, 0.15) is 28.8 Å². The van der Waals surface area contributed by atoms with E-state index in [4.69, 9.17) is 11.6 Å². The Labute approximate surface area is 163 Å². The zero-order chi connectivity index (χ0) is 20.5. The molecule has 6 nitrogen and oxygen atoms in total. The Bertz CT molecular complexity index is 928. The number of nitro groups is 1. The molecule has 0 radical (unpaired) electrons. The third kappa shape index (κ3) is 4.19. The molecule has 10 heteroatoms. The first-order valence-corrected chi connectivity index (χ1v) is 8.76. The van der Waals surface area contributed by atoms with Crippen molar-refractivity contribution in [3.63, 3.8) is 0 Å². The summed E-state index contributed by atoms with van der Waals surface area (Å²) in [5.74, 6) is -0.908. The number of halogens is 4. The molecule has 1 saturated heterocycles. The van der Waals surface area contributed by atoms with Crippen LogP contribution in [0.5, 0.6) is 0 Å². The standard InChI is InChI=1S/C18H15ClF3N3O3/c19-12-4-6-15(25(27)28)13(10-12)17(26)23-14-9-11(18(20,21)22)3-5-16(14)24-7-1-2-8-24/h3-6,9-10H,1-2,7-8H2,(H,23,26). The van der Waals surface area contributed by atoms with E-state index in [-0.39, 0.29) is 16.3 Å². The minimum atomic E-state index is -4.59. The van der Waals surface area contributed by atoms with Crippen LogP contribution in [0.3, 0.4) is 0 Å². The predicted octanol–water partition coefficient (Wildman–Crippen LogP) is 5.12. The molecule has 1 aliphatic rings. The van der Waals surface area contributed by atoms with Crippen molar-refractivity contribution in [1.29, 1.82) is 0 Å². The largest absolute Gasteiger partial charge is 0.416 e. The number of hydrogen-bond donors (Lipinski definition) is 1. The molecule has 3 rings (SSSR count). The summed E-state index contributed by atoms with van der Waals surface area (Å²) in [4.78, 5) is 24.9. The number of rotatable bonds is 4. The molecule has 1 heterocycles. The van der Waals surface area contributed by atoms with Gasteiger partial charge in [-0.2, -0.15) is 13.2 Å². The van der Waals surface area contributed by atoms with Crippen molar-refractivity contribution >= 4 is 34.6 Å². The van der Waals surface area contributed by atoms with Crippen molar-refractivity contribution in [2.45, 2.75) is 19.0 Å². The molecule has 1 fully saturated rings. The zero-order valence-electron chi connectivity index (χ0n) is 14.4. The second-order valence-corrected chi connectivity index (χ2v) is 6.73. The Kier molecular flexibility index (Phi) is 5.46. The molecule has 1 amide bonds. The van der Waals surface area contributed by atoms with Gasteiger partial charge in [0.1, 0.15) is 5.56 Å². The van der Waals surface area contributed by atoms with Gasteiger partial charge in [0.2, 0.25) is 0 Å². The molecule has 2 aromatic carbocycles. The second kappa shape index (κ2) is 7.67. The van der Waals surface area contributed by atoms with E-state index in [1.54, 1.807) is 0 Å². The molecule has 0 aliphatic carbocycles. The molecule has 0 atom stereocenters. The normalized spacial score (nSPS) is 14.2. The molecule has 0 aromatic heterocycles. The lowest BCUT2D eigenvalue weighted by atomic mass is 10.1. The third-order valence-corrected chi connectivity index (χ3v) is 4.65. The van der Waals surface area contributed by atoms with Gasteiger partial charge in [-0.05, 0) is 43.2 Å². The fraction of sp³-hybridized carbons (Fsp3) is 0.278. The highest BCUT2D eigenvalue weighted by atomic mass is 35.5. The first kappa shape index (κ1) is 19.9. The lowest BCUT2D eigenvalue weighted by Crippen LogP contribution is -2.22. The van der Waals surface area contributed by atoms with Crippen LogP contribution in [0.15, 0.2) is 36.4 Å². The first-order chi connectivity index (χ1) is 13.2. The Morgan fingerprint density at radius 2 is 1.82 bits per heavy atom. The molecular weight excluding hydrogens is 399 g/mol. The van der Waals surface area contributed by atoms with Gasteiger partial charge in [0.05, 0.1) is 21.9 Å². The van der Waals surface area contributed by atoms with Crippen molar-refractivity contribution in [3.05, 3.63) is 62.7 Å². The lowest BCUT2D eigenvalue weighted by Gasteiger charge is -2.23. The highest BCUT2D eigenvalue weighted by Gasteiger charge is 2.32. The number of benzene rings is 2. The van der Waals surface area contributed by atoms with Gasteiger partial charge >= 0.3 is 6.18 Å². The lowest BCUT2D eigenvalue weighted by molar-refractivity contribution is -0.385. The van der Waals surface area contributed by atoms with Crippen LogP contribution in [0.25, 0.3) is 0 Å². The van der Waals surface area contributed by atoms with Crippen LogP contribution in [0.4, 0.5) is 30.2 Å². The van der Waals surface area contributed by atoms with Gasteiger partial charge < -0.3 is 10.2 Å². The van der Waals surface area contributed by atoms with Gasteiger partial charge in [-0.25, -0.2) is 0 Å². The van der Waals surface area contributed by atoms with E-state index in [0.29, 0.717) is 18.8 Å². The van der Waals surface area contributed by atoms with E-state index >= 15 is 0 Å². The van der Waals surface area contributed by atoms with Crippen LogP contribution >= 0.6 is 11.6 Å². The van der Waals surface area contributed by atoms with Gasteiger partial charge in [-0.1, -0.05) is 11.6 Å². The van der Waals surface area contributed by atoms with E-state index < -0.39 is 28.3 Å². The molecule has 0 bridgehead atoms. The maximum absolute atomic E-state index is 13.1. The number of nitro benzene ring substituents is 1. The summed E-state index contributed by atoms with van der Waals surface area (Å²) in [6, 6.07) is 6.53. The summed E-state index contributed by atoms with van der Waals surface area (Å²) >= 11 is 5.83. The van der Waals surface area contributed by atoms with E-state index in [2.05, 4.69) is 5.32 Å². The monoisotopic (exact) mass is 413 g/mol. The van der Waals surface area contributed by atoms with Gasteiger partial charge in [0.15, 0.2) is 0 Å². The quantitative estimate of drug-likeness (QED) is 0.557. The SMILES string of the molecule is O=C(Nc1cc(C(F)(F)F)ccc1N1CCCC1)c1cc(Cl)ccc1[N+](=O)[O-]. The summed E-state index contributed by atoms with van der Waals surface area (Å²) in [5, 5.41) is 13.7. The number of alkyl halides is 3. The molecule has 0 spiro atoms. The molecule has 1 N–H and O–H groups in total. The average molecular weight is 414 g/mol. The number of nitrogens with one attached hydrogen (secondary N) is 1. The summed E-state index contributed by atoms with van der Waals surface area (Å²) in [6.45, 7) is 1.29. The molecule has 1 aliphatic heterocycles. The maximum atomic E-state index is 13.1. The fourth-order valence-corrected chi connectivity index (χ4v) is 3.26. The van der Waals surface area contributed by atoms with Crippen LogP contribution in [-0.2, 0) is 6.18 Å². The van der Waals surface area contributed by atoms with Gasteiger partial charge in [-0.3, -0.25) is 14.9 Å². The number of amides is 1. The van der Waals surface area contributed by atoms with Crippen molar-refractivity contribution in [1.82, 2.24) is 0 Å². The summed E-state index contributed by atoms with van der Waals surface area (Å²) in [6.07, 6.45) is -2.83. The zero-order valence-corrected chi connectivity index (χ0v) is 15.2. The van der Waals surface area contributed by atoms with Crippen molar-refractivity contribution in [2.75, 3.05) is 23.3 Å². The van der Waals surface area contributed by atoms with E-state index in [1.165, 1.54) is 12.1 Å². The number of nitrogens with zero attached hydrogens (tertiary/aromatic N) is 2. The molecular formula is C18H15ClF3N3O3. The summed E-state index contributed by atoms with van der Waals surface area (Å²) in [5.41, 5.74) is -1.37. The van der Waals surface area contributed by atoms with Gasteiger partial charge in [0, 0.05) is 24.2 Å². The topological polar surface area (TPSA) is 75.5 Å². The van der Waals surface area contributed by atoms with Gasteiger partial charge in [-0.15, -0.1) is 0 Å². The minimum Gasteiger partial charge on any atom is -0.370 e. The van der Waals surface area contributed by atoms with Crippen LogP contribution in [0, 0.1) is 10.1 Å².